The molecule has 0 aliphatic carbocycles. The lowest BCUT2D eigenvalue weighted by Gasteiger charge is -2.05. The Balaban J connectivity index is 2.40. The highest BCUT2D eigenvalue weighted by Crippen LogP contribution is 2.32. The van der Waals surface area contributed by atoms with Crippen molar-refractivity contribution in [3.63, 3.8) is 0 Å². The lowest BCUT2D eigenvalue weighted by molar-refractivity contribution is -0.384. The fraction of sp³-hybridized carbons (Fsp3) is 0.0714. The summed E-state index contributed by atoms with van der Waals surface area (Å²) in [7, 11) is 0. The summed E-state index contributed by atoms with van der Waals surface area (Å²) in [6.45, 7) is 0. The second-order valence-electron chi connectivity index (χ2n) is 4.32. The van der Waals surface area contributed by atoms with E-state index in [0.717, 1.165) is 12.1 Å². The van der Waals surface area contributed by atoms with E-state index in [1.807, 2.05) is 0 Å². The van der Waals surface area contributed by atoms with Crippen molar-refractivity contribution in [1.29, 1.82) is 0 Å². The van der Waals surface area contributed by atoms with Gasteiger partial charge in [0.1, 0.15) is 0 Å². The Kier molecular flexibility index (Phi) is 4.49. The van der Waals surface area contributed by atoms with E-state index in [9.17, 15) is 28.1 Å². The molecule has 0 bridgehead atoms. The molecule has 0 aromatic heterocycles. The molecule has 0 heterocycles. The maximum atomic E-state index is 12.4. The summed E-state index contributed by atoms with van der Waals surface area (Å²) < 4.78 is 37.1. The minimum Gasteiger partial charge on any atom is -0.284 e. The van der Waals surface area contributed by atoms with Crippen molar-refractivity contribution in [3.05, 3.63) is 64.2 Å². The van der Waals surface area contributed by atoms with Crippen LogP contribution in [0.2, 0.25) is 0 Å². The van der Waals surface area contributed by atoms with E-state index in [1.165, 1.54) is 0 Å². The molecule has 0 spiro atoms. The van der Waals surface area contributed by atoms with Gasteiger partial charge in [-0.15, -0.1) is 5.11 Å². The molecule has 0 amide bonds. The van der Waals surface area contributed by atoms with E-state index >= 15 is 0 Å². The molecular weight excluding hydrogens is 315 g/mol. The lowest BCUT2D eigenvalue weighted by atomic mass is 10.1. The summed E-state index contributed by atoms with van der Waals surface area (Å²) in [5.74, 6) is -2.16. The van der Waals surface area contributed by atoms with Crippen LogP contribution in [0.1, 0.15) is 10.4 Å². The highest BCUT2D eigenvalue weighted by atomic mass is 19.4. The molecule has 6 nitrogen and oxygen atoms in total. The van der Waals surface area contributed by atoms with Crippen LogP contribution in [0.15, 0.2) is 58.8 Å². The summed E-state index contributed by atoms with van der Waals surface area (Å²) in [5.41, 5.74) is -1.41. The van der Waals surface area contributed by atoms with Gasteiger partial charge in [0.15, 0.2) is 5.69 Å². The Morgan fingerprint density at radius 2 is 1.70 bits per heavy atom. The van der Waals surface area contributed by atoms with Crippen molar-refractivity contribution in [1.82, 2.24) is 0 Å². The van der Waals surface area contributed by atoms with Gasteiger partial charge in [-0.2, -0.15) is 18.3 Å². The van der Waals surface area contributed by atoms with Crippen LogP contribution in [0, 0.1) is 10.1 Å². The average molecular weight is 323 g/mol. The highest BCUT2D eigenvalue weighted by Gasteiger charge is 2.40. The zero-order valence-electron chi connectivity index (χ0n) is 11.3. The molecule has 0 aliphatic rings. The summed E-state index contributed by atoms with van der Waals surface area (Å²) >= 11 is 0. The van der Waals surface area contributed by atoms with Gasteiger partial charge in [-0.1, -0.05) is 18.2 Å². The second kappa shape index (κ2) is 6.34. The Bertz CT molecular complexity index is 774. The Labute approximate surface area is 127 Å². The van der Waals surface area contributed by atoms with Crippen LogP contribution in [0.4, 0.5) is 30.2 Å². The number of nitro groups is 1. The molecule has 23 heavy (non-hydrogen) atoms. The standard InChI is InChI=1S/C14H8F3N3O3/c15-14(16,17)13(21)9-6-7-11(12(8-9)20(22)23)19-18-10-4-2-1-3-5-10/h1-8H. The van der Waals surface area contributed by atoms with E-state index in [0.29, 0.717) is 11.8 Å². The van der Waals surface area contributed by atoms with Crippen LogP contribution < -0.4 is 0 Å². The fourth-order valence-corrected chi connectivity index (χ4v) is 1.67. The predicted octanol–water partition coefficient (Wildman–Crippen LogP) is 4.76. The number of ketones is 1. The highest BCUT2D eigenvalue weighted by molar-refractivity contribution is 6.01. The third-order valence-corrected chi connectivity index (χ3v) is 2.72. The number of carbonyl (C=O) groups is 1. The first-order chi connectivity index (χ1) is 10.8. The van der Waals surface area contributed by atoms with Gasteiger partial charge in [-0.05, 0) is 24.3 Å². The summed E-state index contributed by atoms with van der Waals surface area (Å²) in [6, 6.07) is 10.6. The van der Waals surface area contributed by atoms with Crippen LogP contribution in [0.3, 0.4) is 0 Å². The molecule has 0 saturated carbocycles. The first-order valence-corrected chi connectivity index (χ1v) is 6.16. The molecule has 2 aromatic rings. The monoisotopic (exact) mass is 323 g/mol. The molecule has 0 N–H and O–H groups in total. The third kappa shape index (κ3) is 3.96. The zero-order valence-corrected chi connectivity index (χ0v) is 11.3. The molecule has 0 aliphatic heterocycles. The van der Waals surface area contributed by atoms with Gasteiger partial charge in [-0.25, -0.2) is 0 Å². The van der Waals surface area contributed by atoms with Crippen molar-refractivity contribution < 1.29 is 22.9 Å². The zero-order chi connectivity index (χ0) is 17.0. The van der Waals surface area contributed by atoms with Gasteiger partial charge < -0.3 is 0 Å². The lowest BCUT2D eigenvalue weighted by Crippen LogP contribution is -2.22. The Morgan fingerprint density at radius 1 is 1.04 bits per heavy atom. The van der Waals surface area contributed by atoms with E-state index in [1.54, 1.807) is 30.3 Å². The maximum Gasteiger partial charge on any atom is 0.454 e. The number of hydrogen-bond donors (Lipinski definition) is 0. The number of nitro benzene ring substituents is 1. The molecule has 0 unspecified atom stereocenters. The Hall–Kier alpha value is -3.10. The van der Waals surface area contributed by atoms with Crippen molar-refractivity contribution in [2.24, 2.45) is 10.2 Å². The van der Waals surface area contributed by atoms with Gasteiger partial charge in [0.05, 0.1) is 10.6 Å². The molecule has 0 saturated heterocycles. The number of halogens is 3. The second-order valence-corrected chi connectivity index (χ2v) is 4.32. The maximum absolute atomic E-state index is 12.4. The van der Waals surface area contributed by atoms with E-state index in [2.05, 4.69) is 10.2 Å². The molecule has 2 aromatic carbocycles. The number of benzene rings is 2. The first-order valence-electron chi connectivity index (χ1n) is 6.16. The number of carbonyl (C=O) groups excluding carboxylic acids is 1. The fourth-order valence-electron chi connectivity index (χ4n) is 1.67. The molecule has 118 valence electrons. The summed E-state index contributed by atoms with van der Waals surface area (Å²) in [4.78, 5) is 21.2. The van der Waals surface area contributed by atoms with E-state index in [-0.39, 0.29) is 5.69 Å². The topological polar surface area (TPSA) is 84.9 Å². The van der Waals surface area contributed by atoms with Gasteiger partial charge in [0, 0.05) is 11.6 Å². The van der Waals surface area contributed by atoms with Gasteiger partial charge >= 0.3 is 6.18 Å². The predicted molar refractivity (Wildman–Crippen MR) is 74.1 cm³/mol. The summed E-state index contributed by atoms with van der Waals surface area (Å²) in [5, 5.41) is 18.4. The molecule has 9 heteroatoms. The normalized spacial score (nSPS) is 11.6. The first kappa shape index (κ1) is 16.3. The number of hydrogen-bond acceptors (Lipinski definition) is 5. The average Bonchev–Trinajstić information content (AvgIpc) is 2.52. The van der Waals surface area contributed by atoms with E-state index in [4.69, 9.17) is 0 Å². The van der Waals surface area contributed by atoms with Gasteiger partial charge in [-0.3, -0.25) is 14.9 Å². The van der Waals surface area contributed by atoms with Crippen molar-refractivity contribution in [2.75, 3.05) is 0 Å². The largest absolute Gasteiger partial charge is 0.454 e. The third-order valence-electron chi connectivity index (χ3n) is 2.72. The SMILES string of the molecule is O=C(c1ccc(N=Nc2ccccc2)c([N+](=O)[O-])c1)C(F)(F)F. The molecule has 0 radical (unpaired) electrons. The molecule has 0 atom stereocenters. The number of nitrogens with zero attached hydrogens (tertiary/aromatic N) is 3. The minimum atomic E-state index is -5.11. The van der Waals surface area contributed by atoms with E-state index < -0.39 is 28.1 Å². The summed E-state index contributed by atoms with van der Waals surface area (Å²) in [6.07, 6.45) is -5.11. The van der Waals surface area contributed by atoms with Crippen molar-refractivity contribution in [3.8, 4) is 0 Å². The van der Waals surface area contributed by atoms with Crippen LogP contribution in [-0.2, 0) is 0 Å². The van der Waals surface area contributed by atoms with Crippen LogP contribution in [-0.4, -0.2) is 16.9 Å². The van der Waals surface area contributed by atoms with Crippen LogP contribution in [0.5, 0.6) is 0 Å². The Morgan fingerprint density at radius 3 is 2.26 bits per heavy atom. The van der Waals surface area contributed by atoms with Crippen LogP contribution in [0.25, 0.3) is 0 Å². The molecule has 2 rings (SSSR count). The van der Waals surface area contributed by atoms with Crippen LogP contribution >= 0.6 is 0 Å². The molecule has 0 fully saturated rings. The molecular formula is C14H8F3N3O3. The number of alkyl halides is 3. The van der Waals surface area contributed by atoms with Crippen molar-refractivity contribution >= 4 is 22.8 Å². The number of azo groups is 1. The van der Waals surface area contributed by atoms with Gasteiger partial charge in [0.25, 0.3) is 11.5 Å². The quantitative estimate of drug-likeness (QED) is 0.352. The minimum absolute atomic E-state index is 0.252. The number of Topliss-reactive ketones (excluding diaryl/α,β-unsaturated/α-hetero) is 1. The smallest absolute Gasteiger partial charge is 0.284 e. The van der Waals surface area contributed by atoms with Gasteiger partial charge in [0.2, 0.25) is 0 Å². The number of rotatable bonds is 4. The van der Waals surface area contributed by atoms with Crippen molar-refractivity contribution in [2.45, 2.75) is 6.18 Å².